The van der Waals surface area contributed by atoms with Crippen LogP contribution in [0.5, 0.6) is 5.75 Å². The molecule has 0 aliphatic carbocycles. The number of rotatable bonds is 8. The Morgan fingerprint density at radius 3 is 2.62 bits per heavy atom. The molecule has 29 heavy (non-hydrogen) atoms. The summed E-state index contributed by atoms with van der Waals surface area (Å²) in [6, 6.07) is 4.30. The predicted octanol–water partition coefficient (Wildman–Crippen LogP) is 3.46. The van der Waals surface area contributed by atoms with Gasteiger partial charge in [-0.15, -0.1) is 0 Å². The molecule has 0 saturated heterocycles. The molecule has 0 unspecified atom stereocenters. The SMILES string of the molecule is COC(=O)c1ccc(OC(C)C)c(NC(=O)NCCn2c(C(C)C)n[nH]c2=S)c1. The third-order valence-corrected chi connectivity index (χ3v) is 4.25. The topological polar surface area (TPSA) is 110 Å². The van der Waals surface area contributed by atoms with Gasteiger partial charge in [-0.2, -0.15) is 5.10 Å². The van der Waals surface area contributed by atoms with Gasteiger partial charge in [-0.3, -0.25) is 5.10 Å². The number of anilines is 1. The molecular formula is C19H27N5O4S. The molecular weight excluding hydrogens is 394 g/mol. The van der Waals surface area contributed by atoms with Crippen molar-refractivity contribution in [2.45, 2.75) is 46.3 Å². The van der Waals surface area contributed by atoms with Gasteiger partial charge in [0, 0.05) is 19.0 Å². The van der Waals surface area contributed by atoms with E-state index in [4.69, 9.17) is 21.7 Å². The van der Waals surface area contributed by atoms with E-state index in [9.17, 15) is 9.59 Å². The molecule has 1 heterocycles. The van der Waals surface area contributed by atoms with Gasteiger partial charge in [-0.25, -0.2) is 9.59 Å². The van der Waals surface area contributed by atoms with Gasteiger partial charge in [-0.05, 0) is 44.3 Å². The van der Waals surface area contributed by atoms with Crippen molar-refractivity contribution < 1.29 is 19.1 Å². The first-order chi connectivity index (χ1) is 13.7. The van der Waals surface area contributed by atoms with Crippen LogP contribution in [0, 0.1) is 4.77 Å². The van der Waals surface area contributed by atoms with Gasteiger partial charge in [0.2, 0.25) is 0 Å². The van der Waals surface area contributed by atoms with E-state index >= 15 is 0 Å². The number of aromatic nitrogens is 3. The number of aromatic amines is 1. The lowest BCUT2D eigenvalue weighted by Crippen LogP contribution is -2.32. The second kappa shape index (κ2) is 10.1. The van der Waals surface area contributed by atoms with Crippen LogP contribution in [0.25, 0.3) is 0 Å². The van der Waals surface area contributed by atoms with Crippen molar-refractivity contribution in [2.75, 3.05) is 19.0 Å². The molecule has 0 aliphatic rings. The molecule has 158 valence electrons. The van der Waals surface area contributed by atoms with E-state index in [-0.39, 0.29) is 12.0 Å². The number of carbonyl (C=O) groups excluding carboxylic acids is 2. The van der Waals surface area contributed by atoms with Crippen molar-refractivity contribution in [1.82, 2.24) is 20.1 Å². The van der Waals surface area contributed by atoms with Crippen molar-refractivity contribution in [3.8, 4) is 5.75 Å². The van der Waals surface area contributed by atoms with Crippen LogP contribution in [0.4, 0.5) is 10.5 Å². The third kappa shape index (κ3) is 6.05. The maximum absolute atomic E-state index is 12.4. The van der Waals surface area contributed by atoms with Gasteiger partial charge < -0.3 is 24.7 Å². The summed E-state index contributed by atoms with van der Waals surface area (Å²) in [4.78, 5) is 24.2. The smallest absolute Gasteiger partial charge is 0.337 e. The third-order valence-electron chi connectivity index (χ3n) is 3.94. The van der Waals surface area contributed by atoms with Crippen molar-refractivity contribution in [3.05, 3.63) is 34.4 Å². The van der Waals surface area contributed by atoms with Crippen LogP contribution >= 0.6 is 12.2 Å². The van der Waals surface area contributed by atoms with Gasteiger partial charge in [0.25, 0.3) is 0 Å². The monoisotopic (exact) mass is 421 g/mol. The average Bonchev–Trinajstić information content (AvgIpc) is 3.03. The zero-order chi connectivity index (χ0) is 21.6. The highest BCUT2D eigenvalue weighted by atomic mass is 32.1. The van der Waals surface area contributed by atoms with Crippen molar-refractivity contribution in [1.29, 1.82) is 0 Å². The number of H-pyrrole nitrogens is 1. The minimum Gasteiger partial charge on any atom is -0.489 e. The number of methoxy groups -OCH3 is 1. The summed E-state index contributed by atoms with van der Waals surface area (Å²) >= 11 is 5.24. The zero-order valence-corrected chi connectivity index (χ0v) is 18.1. The number of carbonyl (C=O) groups is 2. The quantitative estimate of drug-likeness (QED) is 0.445. The molecule has 0 radical (unpaired) electrons. The Bertz CT molecular complexity index is 920. The zero-order valence-electron chi connectivity index (χ0n) is 17.2. The largest absolute Gasteiger partial charge is 0.489 e. The number of amides is 2. The molecule has 1 aromatic carbocycles. The van der Waals surface area contributed by atoms with E-state index < -0.39 is 12.0 Å². The van der Waals surface area contributed by atoms with Crippen molar-refractivity contribution >= 4 is 29.9 Å². The molecule has 3 N–H and O–H groups in total. The summed E-state index contributed by atoms with van der Waals surface area (Å²) < 4.78 is 12.8. The molecule has 0 fully saturated rings. The number of nitrogens with zero attached hydrogens (tertiary/aromatic N) is 2. The number of hydrogen-bond acceptors (Lipinski definition) is 6. The molecule has 2 aromatic rings. The van der Waals surface area contributed by atoms with Crippen LogP contribution in [-0.2, 0) is 11.3 Å². The first-order valence-corrected chi connectivity index (χ1v) is 9.72. The van der Waals surface area contributed by atoms with E-state index in [2.05, 4.69) is 20.8 Å². The van der Waals surface area contributed by atoms with Crippen LogP contribution in [0.15, 0.2) is 18.2 Å². The van der Waals surface area contributed by atoms with E-state index in [0.29, 0.717) is 34.9 Å². The average molecular weight is 422 g/mol. The van der Waals surface area contributed by atoms with Gasteiger partial charge in [0.05, 0.1) is 24.5 Å². The summed E-state index contributed by atoms with van der Waals surface area (Å²) in [7, 11) is 1.30. The number of ether oxygens (including phenoxy) is 2. The molecule has 9 nitrogen and oxygen atoms in total. The molecule has 0 atom stereocenters. The lowest BCUT2D eigenvalue weighted by atomic mass is 10.2. The molecule has 0 aliphatic heterocycles. The Hall–Kier alpha value is -2.88. The van der Waals surface area contributed by atoms with Crippen molar-refractivity contribution in [2.24, 2.45) is 0 Å². The predicted molar refractivity (Wildman–Crippen MR) is 112 cm³/mol. The summed E-state index contributed by atoms with van der Waals surface area (Å²) in [5.41, 5.74) is 0.687. The van der Waals surface area contributed by atoms with Crippen molar-refractivity contribution in [3.63, 3.8) is 0 Å². The second-order valence-corrected chi connectivity index (χ2v) is 7.33. The van der Waals surface area contributed by atoms with Crippen LogP contribution in [-0.4, -0.2) is 46.5 Å². The summed E-state index contributed by atoms with van der Waals surface area (Å²) in [5, 5.41) is 12.5. The summed E-state index contributed by atoms with van der Waals surface area (Å²) in [6.45, 7) is 8.61. The first-order valence-electron chi connectivity index (χ1n) is 9.31. The van der Waals surface area contributed by atoms with Gasteiger partial charge in [0.1, 0.15) is 11.6 Å². The molecule has 1 aromatic heterocycles. The Morgan fingerprint density at radius 1 is 1.28 bits per heavy atom. The van der Waals surface area contributed by atoms with Crippen LogP contribution in [0.3, 0.4) is 0 Å². The maximum Gasteiger partial charge on any atom is 0.337 e. The normalized spacial score (nSPS) is 10.9. The van der Waals surface area contributed by atoms with E-state index in [1.54, 1.807) is 12.1 Å². The van der Waals surface area contributed by atoms with Gasteiger partial charge in [0.15, 0.2) is 4.77 Å². The number of urea groups is 1. The molecule has 10 heteroatoms. The van der Waals surface area contributed by atoms with Gasteiger partial charge >= 0.3 is 12.0 Å². The van der Waals surface area contributed by atoms with Crippen LogP contribution < -0.4 is 15.4 Å². The molecule has 0 bridgehead atoms. The first kappa shape index (κ1) is 22.4. The second-order valence-electron chi connectivity index (χ2n) is 6.94. The summed E-state index contributed by atoms with van der Waals surface area (Å²) in [5.74, 6) is 0.992. The highest BCUT2D eigenvalue weighted by molar-refractivity contribution is 7.71. The number of esters is 1. The molecule has 2 rings (SSSR count). The van der Waals surface area contributed by atoms with Crippen LogP contribution in [0.1, 0.15) is 49.8 Å². The lowest BCUT2D eigenvalue weighted by Gasteiger charge is -2.16. The maximum atomic E-state index is 12.4. The van der Waals surface area contributed by atoms with E-state index in [0.717, 1.165) is 5.82 Å². The molecule has 2 amide bonds. The fraction of sp³-hybridized carbons (Fsp3) is 0.474. The minimum absolute atomic E-state index is 0.0972. The number of benzene rings is 1. The summed E-state index contributed by atoms with van der Waals surface area (Å²) in [6.07, 6.45) is -0.0972. The van der Waals surface area contributed by atoms with Crippen LogP contribution in [0.2, 0.25) is 0 Å². The van der Waals surface area contributed by atoms with E-state index in [1.165, 1.54) is 13.2 Å². The highest BCUT2D eigenvalue weighted by Crippen LogP contribution is 2.27. The number of hydrogen-bond donors (Lipinski definition) is 3. The Kier molecular flexibility index (Phi) is 7.77. The van der Waals surface area contributed by atoms with Gasteiger partial charge in [-0.1, -0.05) is 13.8 Å². The fourth-order valence-electron chi connectivity index (χ4n) is 2.66. The molecule has 0 saturated carbocycles. The Balaban J connectivity index is 2.06. The standard InChI is InChI=1S/C19H27N5O4S/c1-11(2)16-22-23-19(29)24(16)9-8-20-18(26)21-14-10-13(17(25)27-5)6-7-15(14)28-12(3)4/h6-7,10-12H,8-9H2,1-5H3,(H,23,29)(H2,20,21,26). The Morgan fingerprint density at radius 2 is 2.00 bits per heavy atom. The van der Waals surface area contributed by atoms with E-state index in [1.807, 2.05) is 32.3 Å². The minimum atomic E-state index is -0.500. The molecule has 0 spiro atoms. The Labute approximate surface area is 174 Å². The number of nitrogens with one attached hydrogen (secondary N) is 3. The highest BCUT2D eigenvalue weighted by Gasteiger charge is 2.15. The fourth-order valence-corrected chi connectivity index (χ4v) is 2.89. The lowest BCUT2D eigenvalue weighted by molar-refractivity contribution is 0.0600.